The van der Waals surface area contributed by atoms with Crippen LogP contribution in [-0.4, -0.2) is 26.4 Å². The molecule has 2 heterocycles. The van der Waals surface area contributed by atoms with E-state index < -0.39 is 0 Å². The summed E-state index contributed by atoms with van der Waals surface area (Å²) in [5.74, 6) is 1.18. The highest BCUT2D eigenvalue weighted by Gasteiger charge is 2.11. The third-order valence-electron chi connectivity index (χ3n) is 3.32. The van der Waals surface area contributed by atoms with Crippen molar-refractivity contribution in [3.8, 4) is 5.69 Å². The van der Waals surface area contributed by atoms with Crippen molar-refractivity contribution in [3.05, 3.63) is 53.5 Å². The first-order valence-corrected chi connectivity index (χ1v) is 8.48. The fourth-order valence-corrected chi connectivity index (χ4v) is 3.19. The van der Waals surface area contributed by atoms with Crippen LogP contribution in [0, 0.1) is 20.8 Å². The smallest absolute Gasteiger partial charge is 0.236 e. The summed E-state index contributed by atoms with van der Waals surface area (Å²) in [6, 6.07) is 7.99. The Bertz CT molecular complexity index is 849. The Balaban J connectivity index is 1.68. The zero-order valence-corrected chi connectivity index (χ0v) is 14.6. The van der Waals surface area contributed by atoms with E-state index in [0.717, 1.165) is 10.8 Å². The van der Waals surface area contributed by atoms with Crippen LogP contribution in [0.3, 0.4) is 0 Å². The highest BCUT2D eigenvalue weighted by Crippen LogP contribution is 2.22. The van der Waals surface area contributed by atoms with Crippen LogP contribution in [0.4, 0.5) is 5.82 Å². The van der Waals surface area contributed by atoms with E-state index in [9.17, 15) is 4.79 Å². The number of thioether (sulfide) groups is 1. The zero-order valence-electron chi connectivity index (χ0n) is 13.7. The number of hydrogen-bond donors (Lipinski definition) is 1. The number of hydrogen-bond acceptors (Lipinski definition) is 5. The largest absolute Gasteiger partial charge is 0.360 e. The van der Waals surface area contributed by atoms with Crippen molar-refractivity contribution >= 4 is 23.5 Å². The van der Waals surface area contributed by atoms with Gasteiger partial charge in [0.15, 0.2) is 11.0 Å². The number of aromatic nitrogens is 3. The molecule has 1 N–H and O–H groups in total. The lowest BCUT2D eigenvalue weighted by atomic mass is 10.1. The second-order valence-electron chi connectivity index (χ2n) is 5.59. The summed E-state index contributed by atoms with van der Waals surface area (Å²) in [4.78, 5) is 16.4. The molecule has 0 radical (unpaired) electrons. The van der Waals surface area contributed by atoms with Gasteiger partial charge >= 0.3 is 0 Å². The minimum absolute atomic E-state index is 0.150. The first kappa shape index (κ1) is 16.3. The molecule has 7 heteroatoms. The van der Waals surface area contributed by atoms with Crippen molar-refractivity contribution in [3.63, 3.8) is 0 Å². The maximum Gasteiger partial charge on any atom is 0.236 e. The van der Waals surface area contributed by atoms with E-state index in [-0.39, 0.29) is 11.7 Å². The highest BCUT2D eigenvalue weighted by molar-refractivity contribution is 7.99. The van der Waals surface area contributed by atoms with Crippen molar-refractivity contribution in [1.82, 2.24) is 14.7 Å². The molecule has 0 unspecified atom stereocenters. The number of benzene rings is 1. The number of carbonyl (C=O) groups excluding carboxylic acids is 1. The summed E-state index contributed by atoms with van der Waals surface area (Å²) < 4.78 is 6.91. The van der Waals surface area contributed by atoms with E-state index in [4.69, 9.17) is 4.52 Å². The number of carbonyl (C=O) groups is 1. The summed E-state index contributed by atoms with van der Waals surface area (Å²) in [5.41, 5.74) is 3.42. The number of amides is 1. The van der Waals surface area contributed by atoms with Gasteiger partial charge in [-0.25, -0.2) is 4.98 Å². The quantitative estimate of drug-likeness (QED) is 0.718. The lowest BCUT2D eigenvalue weighted by molar-refractivity contribution is -0.113. The molecule has 0 saturated carbocycles. The molecule has 6 nitrogen and oxygen atoms in total. The van der Waals surface area contributed by atoms with Gasteiger partial charge in [-0.3, -0.25) is 9.36 Å². The van der Waals surface area contributed by atoms with Crippen molar-refractivity contribution in [2.24, 2.45) is 0 Å². The number of nitrogens with one attached hydrogen (secondary N) is 1. The SMILES string of the molecule is Cc1cc(C)cc(-n2ccnc2SCC(=O)Nc2cc(C)on2)c1. The summed E-state index contributed by atoms with van der Waals surface area (Å²) >= 11 is 1.38. The van der Waals surface area contributed by atoms with E-state index in [1.54, 1.807) is 19.2 Å². The lowest BCUT2D eigenvalue weighted by Crippen LogP contribution is -2.14. The first-order valence-electron chi connectivity index (χ1n) is 7.49. The van der Waals surface area contributed by atoms with Crippen LogP contribution in [0.1, 0.15) is 16.9 Å². The van der Waals surface area contributed by atoms with Gasteiger partial charge in [-0.2, -0.15) is 0 Å². The third-order valence-corrected chi connectivity index (χ3v) is 4.29. The van der Waals surface area contributed by atoms with Gasteiger partial charge in [-0.15, -0.1) is 0 Å². The van der Waals surface area contributed by atoms with Crippen LogP contribution < -0.4 is 5.32 Å². The van der Waals surface area contributed by atoms with Gasteiger partial charge in [0.2, 0.25) is 5.91 Å². The fourth-order valence-electron chi connectivity index (χ4n) is 2.42. The van der Waals surface area contributed by atoms with E-state index in [1.165, 1.54) is 22.9 Å². The standard InChI is InChI=1S/C17H18N4O2S/c1-11-6-12(2)8-14(7-11)21-5-4-18-17(21)24-10-16(22)19-15-9-13(3)23-20-15/h4-9H,10H2,1-3H3,(H,19,20,22). The lowest BCUT2D eigenvalue weighted by Gasteiger charge is -2.09. The van der Waals surface area contributed by atoms with Crippen LogP contribution in [0.5, 0.6) is 0 Å². The first-order chi connectivity index (χ1) is 11.5. The van der Waals surface area contributed by atoms with Crippen LogP contribution in [0.15, 0.2) is 46.3 Å². The number of anilines is 1. The maximum absolute atomic E-state index is 12.0. The molecule has 124 valence electrons. The van der Waals surface area contributed by atoms with Gasteiger partial charge in [-0.05, 0) is 44.0 Å². The molecule has 1 aromatic carbocycles. The minimum atomic E-state index is -0.150. The van der Waals surface area contributed by atoms with Gasteiger partial charge in [-0.1, -0.05) is 23.0 Å². The molecular formula is C17H18N4O2S. The molecule has 2 aromatic heterocycles. The Morgan fingerprint density at radius 1 is 1.21 bits per heavy atom. The summed E-state index contributed by atoms with van der Waals surface area (Å²) in [6.07, 6.45) is 3.63. The van der Waals surface area contributed by atoms with Gasteiger partial charge in [0.05, 0.1) is 5.75 Å². The Morgan fingerprint density at radius 3 is 2.62 bits per heavy atom. The van der Waals surface area contributed by atoms with Crippen molar-refractivity contribution in [2.75, 3.05) is 11.1 Å². The van der Waals surface area contributed by atoms with E-state index in [2.05, 4.69) is 47.5 Å². The van der Waals surface area contributed by atoms with Crippen LogP contribution in [0.2, 0.25) is 0 Å². The molecule has 0 fully saturated rings. The average Bonchev–Trinajstić information content (AvgIpc) is 3.13. The van der Waals surface area contributed by atoms with Crippen molar-refractivity contribution in [2.45, 2.75) is 25.9 Å². The molecule has 0 spiro atoms. The Kier molecular flexibility index (Phi) is 4.71. The van der Waals surface area contributed by atoms with E-state index in [1.807, 2.05) is 10.8 Å². The van der Waals surface area contributed by atoms with Crippen LogP contribution in [0.25, 0.3) is 5.69 Å². The average molecular weight is 342 g/mol. The monoisotopic (exact) mass is 342 g/mol. The molecule has 0 aliphatic heterocycles. The third kappa shape index (κ3) is 3.86. The maximum atomic E-state index is 12.0. The molecule has 3 aromatic rings. The second kappa shape index (κ2) is 6.92. The normalized spacial score (nSPS) is 10.8. The van der Waals surface area contributed by atoms with Crippen molar-refractivity contribution < 1.29 is 9.32 Å². The number of aryl methyl sites for hydroxylation is 3. The number of rotatable bonds is 5. The van der Waals surface area contributed by atoms with Gasteiger partial charge in [0, 0.05) is 24.1 Å². The molecule has 1 amide bonds. The highest BCUT2D eigenvalue weighted by atomic mass is 32.2. The topological polar surface area (TPSA) is 73.0 Å². The predicted octanol–water partition coefficient (Wildman–Crippen LogP) is 3.52. The summed E-state index contributed by atoms with van der Waals surface area (Å²) in [7, 11) is 0. The Hall–Kier alpha value is -2.54. The molecule has 0 saturated heterocycles. The van der Waals surface area contributed by atoms with Gasteiger partial charge in [0.25, 0.3) is 0 Å². The number of imidazole rings is 1. The molecule has 0 aliphatic carbocycles. The van der Waals surface area contributed by atoms with Gasteiger partial charge in [0.1, 0.15) is 5.76 Å². The Labute approximate surface area is 144 Å². The zero-order chi connectivity index (χ0) is 17.1. The molecule has 24 heavy (non-hydrogen) atoms. The molecule has 0 atom stereocenters. The minimum Gasteiger partial charge on any atom is -0.360 e. The Morgan fingerprint density at radius 2 is 1.96 bits per heavy atom. The fraction of sp³-hybridized carbons (Fsp3) is 0.235. The van der Waals surface area contributed by atoms with Crippen LogP contribution in [-0.2, 0) is 4.79 Å². The van der Waals surface area contributed by atoms with Crippen molar-refractivity contribution in [1.29, 1.82) is 0 Å². The van der Waals surface area contributed by atoms with Crippen LogP contribution >= 0.6 is 11.8 Å². The summed E-state index contributed by atoms with van der Waals surface area (Å²) in [5, 5.41) is 7.22. The van der Waals surface area contributed by atoms with E-state index in [0.29, 0.717) is 11.6 Å². The summed E-state index contributed by atoms with van der Waals surface area (Å²) in [6.45, 7) is 5.90. The molecule has 0 bridgehead atoms. The van der Waals surface area contributed by atoms with Gasteiger partial charge < -0.3 is 9.84 Å². The number of nitrogens with zero attached hydrogens (tertiary/aromatic N) is 3. The predicted molar refractivity (Wildman–Crippen MR) is 93.6 cm³/mol. The molecule has 3 rings (SSSR count). The van der Waals surface area contributed by atoms with E-state index >= 15 is 0 Å². The molecule has 0 aliphatic rings. The molecular weight excluding hydrogens is 324 g/mol. The second-order valence-corrected chi connectivity index (χ2v) is 6.53.